The van der Waals surface area contributed by atoms with Crippen LogP contribution in [0.2, 0.25) is 0 Å². The maximum Gasteiger partial charge on any atom is 0.131 e. The van der Waals surface area contributed by atoms with Crippen LogP contribution in [0.3, 0.4) is 0 Å². The van der Waals surface area contributed by atoms with Crippen LogP contribution in [0.4, 0.5) is 0 Å². The smallest absolute Gasteiger partial charge is 0.131 e. The molecule has 1 aromatic carbocycles. The quantitative estimate of drug-likeness (QED) is 0.641. The molecule has 2 atom stereocenters. The highest BCUT2D eigenvalue weighted by atomic mass is 31.0. The van der Waals surface area contributed by atoms with Crippen molar-refractivity contribution in [2.45, 2.75) is 66.5 Å². The van der Waals surface area contributed by atoms with Gasteiger partial charge < -0.3 is 15.0 Å². The summed E-state index contributed by atoms with van der Waals surface area (Å²) in [6.07, 6.45) is 2.93. The Morgan fingerprint density at radius 1 is 1.36 bits per heavy atom. The van der Waals surface area contributed by atoms with Crippen LogP contribution in [0, 0.1) is 13.8 Å². The van der Waals surface area contributed by atoms with E-state index in [1.54, 1.807) is 0 Å². The average molecular weight is 400 g/mol. The number of imidazole rings is 1. The van der Waals surface area contributed by atoms with E-state index in [1.165, 1.54) is 5.56 Å². The first-order valence-corrected chi connectivity index (χ1v) is 10.4. The first-order chi connectivity index (χ1) is 13.1. The molecule has 0 radical (unpaired) electrons. The van der Waals surface area contributed by atoms with Gasteiger partial charge in [0.15, 0.2) is 0 Å². The van der Waals surface area contributed by atoms with E-state index in [9.17, 15) is 0 Å². The largest absolute Gasteiger partial charge is 0.490 e. The zero-order valence-corrected chi connectivity index (χ0v) is 19.2. The van der Waals surface area contributed by atoms with Crippen molar-refractivity contribution in [1.29, 1.82) is 0 Å². The lowest BCUT2D eigenvalue weighted by molar-refractivity contribution is 0.239. The number of hydrogen-bond donors (Lipinski definition) is 1. The Kier molecular flexibility index (Phi) is 7.11. The molecule has 0 spiro atoms. The summed E-state index contributed by atoms with van der Waals surface area (Å²) in [6, 6.07) is 2.20. The molecule has 2 unspecified atom stereocenters. The molecule has 1 heterocycles. The standard InChI is InChI=1S/C23H34N3OP/c1-9-11-26-20(16(7)24)17(8)25-23(26)15(6)19-12-14(5)22(28)18(10-2)21(19)27-13(3)4/h10,12-13,15H,2,7,9,11,24,28H2,1,3-6,8H3. The third kappa shape index (κ3) is 4.17. The number of aryl methyl sites for hydroxylation is 2. The molecule has 5 heteroatoms. The van der Waals surface area contributed by atoms with Crippen LogP contribution >= 0.6 is 9.24 Å². The number of nitrogens with zero attached hydrogens (tertiary/aromatic N) is 2. The van der Waals surface area contributed by atoms with E-state index in [-0.39, 0.29) is 12.0 Å². The van der Waals surface area contributed by atoms with Gasteiger partial charge in [0.25, 0.3) is 0 Å². The van der Waals surface area contributed by atoms with Crippen LogP contribution in [0.5, 0.6) is 5.75 Å². The zero-order chi connectivity index (χ0) is 21.2. The second-order valence-electron chi connectivity index (χ2n) is 7.61. The third-order valence-corrected chi connectivity index (χ3v) is 5.69. The number of aromatic nitrogens is 2. The summed E-state index contributed by atoms with van der Waals surface area (Å²) in [5.74, 6) is 1.90. The van der Waals surface area contributed by atoms with Crippen molar-refractivity contribution in [3.8, 4) is 5.75 Å². The predicted molar refractivity (Wildman–Crippen MR) is 124 cm³/mol. The molecule has 2 N–H and O–H groups in total. The topological polar surface area (TPSA) is 53.1 Å². The monoisotopic (exact) mass is 399 g/mol. The number of ether oxygens (including phenoxy) is 1. The average Bonchev–Trinajstić information content (AvgIpc) is 2.94. The minimum atomic E-state index is 0.0371. The van der Waals surface area contributed by atoms with Gasteiger partial charge in [-0.2, -0.15) is 0 Å². The van der Waals surface area contributed by atoms with E-state index < -0.39 is 0 Å². The minimum absolute atomic E-state index is 0.0371. The van der Waals surface area contributed by atoms with Gasteiger partial charge in [-0.3, -0.25) is 0 Å². The van der Waals surface area contributed by atoms with Gasteiger partial charge in [-0.25, -0.2) is 4.98 Å². The van der Waals surface area contributed by atoms with Crippen molar-refractivity contribution >= 4 is 26.3 Å². The summed E-state index contributed by atoms with van der Waals surface area (Å²) in [5.41, 5.74) is 11.8. The Labute approximate surface area is 172 Å². The molecule has 1 aromatic heterocycles. The summed E-state index contributed by atoms with van der Waals surface area (Å²) in [6.45, 7) is 21.4. The molecule has 0 saturated heterocycles. The second kappa shape index (κ2) is 8.96. The first kappa shape index (κ1) is 22.2. The van der Waals surface area contributed by atoms with Gasteiger partial charge in [0.2, 0.25) is 0 Å². The van der Waals surface area contributed by atoms with Crippen LogP contribution < -0.4 is 15.8 Å². The molecule has 28 heavy (non-hydrogen) atoms. The highest BCUT2D eigenvalue weighted by molar-refractivity contribution is 7.27. The predicted octanol–water partition coefficient (Wildman–Crippen LogP) is 4.92. The number of nitrogens with two attached hydrogens (primary N) is 1. The van der Waals surface area contributed by atoms with Crippen LogP contribution in [-0.4, -0.2) is 15.7 Å². The molecule has 2 aromatic rings. The lowest BCUT2D eigenvalue weighted by Gasteiger charge is -2.24. The Morgan fingerprint density at radius 2 is 2.00 bits per heavy atom. The summed E-state index contributed by atoms with van der Waals surface area (Å²) in [5, 5.41) is 1.12. The molecule has 152 valence electrons. The fraction of sp³-hybridized carbons (Fsp3) is 0.435. The van der Waals surface area contributed by atoms with Crippen LogP contribution in [0.15, 0.2) is 19.2 Å². The third-order valence-electron chi connectivity index (χ3n) is 4.93. The molecule has 2 rings (SSSR count). The Morgan fingerprint density at radius 3 is 2.50 bits per heavy atom. The maximum atomic E-state index is 6.27. The van der Waals surface area contributed by atoms with E-state index in [1.807, 2.05) is 26.8 Å². The van der Waals surface area contributed by atoms with Crippen LogP contribution in [0.1, 0.15) is 73.9 Å². The van der Waals surface area contributed by atoms with E-state index in [4.69, 9.17) is 15.5 Å². The molecule has 0 bridgehead atoms. The van der Waals surface area contributed by atoms with Crippen molar-refractivity contribution in [3.63, 3.8) is 0 Å². The van der Waals surface area contributed by atoms with Crippen molar-refractivity contribution in [3.05, 3.63) is 53.1 Å². The second-order valence-corrected chi connectivity index (χ2v) is 8.19. The van der Waals surface area contributed by atoms with Gasteiger partial charge in [-0.1, -0.05) is 39.1 Å². The van der Waals surface area contributed by atoms with E-state index in [2.05, 4.69) is 53.8 Å². The molecular weight excluding hydrogens is 365 g/mol. The Balaban J connectivity index is 2.75. The number of benzene rings is 1. The normalized spacial score (nSPS) is 12.3. The fourth-order valence-corrected chi connectivity index (χ4v) is 4.01. The molecule has 0 aliphatic heterocycles. The van der Waals surface area contributed by atoms with Gasteiger partial charge in [-0.05, 0) is 45.0 Å². The molecular formula is C23H34N3OP. The lowest BCUT2D eigenvalue weighted by atomic mass is 9.94. The van der Waals surface area contributed by atoms with Crippen molar-refractivity contribution < 1.29 is 4.74 Å². The summed E-state index contributed by atoms with van der Waals surface area (Å²) in [4.78, 5) is 4.89. The van der Waals surface area contributed by atoms with Crippen molar-refractivity contribution in [2.24, 2.45) is 5.73 Å². The highest BCUT2D eigenvalue weighted by Crippen LogP contribution is 2.37. The molecule has 0 aliphatic carbocycles. The van der Waals surface area contributed by atoms with E-state index in [0.29, 0.717) is 5.70 Å². The summed E-state index contributed by atoms with van der Waals surface area (Å²) >= 11 is 0. The maximum absolute atomic E-state index is 6.27. The van der Waals surface area contributed by atoms with Crippen molar-refractivity contribution in [1.82, 2.24) is 9.55 Å². The van der Waals surface area contributed by atoms with Gasteiger partial charge >= 0.3 is 0 Å². The van der Waals surface area contributed by atoms with Crippen LogP contribution in [0.25, 0.3) is 11.8 Å². The van der Waals surface area contributed by atoms with E-state index in [0.717, 1.165) is 52.4 Å². The van der Waals surface area contributed by atoms with Crippen LogP contribution in [-0.2, 0) is 6.54 Å². The van der Waals surface area contributed by atoms with Crippen molar-refractivity contribution in [2.75, 3.05) is 0 Å². The zero-order valence-electron chi connectivity index (χ0n) is 18.1. The van der Waals surface area contributed by atoms with Gasteiger partial charge in [0, 0.05) is 23.6 Å². The van der Waals surface area contributed by atoms with E-state index >= 15 is 0 Å². The SMILES string of the molecule is C=Cc1c(P)c(C)cc(C(C)c2nc(C)c(C(=C)N)n2CCC)c1OC(C)C. The molecule has 0 amide bonds. The minimum Gasteiger partial charge on any atom is -0.490 e. The van der Waals surface area contributed by atoms with Gasteiger partial charge in [-0.15, -0.1) is 9.24 Å². The molecule has 0 fully saturated rings. The summed E-state index contributed by atoms with van der Waals surface area (Å²) < 4.78 is 8.47. The highest BCUT2D eigenvalue weighted by Gasteiger charge is 2.25. The molecule has 0 saturated carbocycles. The fourth-order valence-electron chi connectivity index (χ4n) is 3.68. The molecule has 4 nitrogen and oxygen atoms in total. The van der Waals surface area contributed by atoms with Gasteiger partial charge in [0.1, 0.15) is 11.6 Å². The number of hydrogen-bond acceptors (Lipinski definition) is 3. The Hall–Kier alpha value is -2.06. The molecule has 0 aliphatic rings. The lowest BCUT2D eigenvalue weighted by Crippen LogP contribution is -2.17. The first-order valence-electron chi connectivity index (χ1n) is 9.87. The Bertz CT molecular complexity index is 896. The summed E-state index contributed by atoms with van der Waals surface area (Å²) in [7, 11) is 2.82. The number of rotatable bonds is 8. The van der Waals surface area contributed by atoms with Gasteiger partial charge in [0.05, 0.1) is 23.2 Å².